The van der Waals surface area contributed by atoms with Gasteiger partial charge in [-0.2, -0.15) is 5.26 Å². The molecule has 0 saturated heterocycles. The molecule has 2 aromatic rings. The molecular formula is C17H16N4O4. The van der Waals surface area contributed by atoms with Crippen molar-refractivity contribution < 1.29 is 14.5 Å². The Morgan fingerprint density at radius 1 is 1.36 bits per heavy atom. The highest BCUT2D eigenvalue weighted by atomic mass is 16.6. The van der Waals surface area contributed by atoms with Crippen LogP contribution in [-0.2, 0) is 4.79 Å². The van der Waals surface area contributed by atoms with E-state index in [1.54, 1.807) is 24.3 Å². The highest BCUT2D eigenvalue weighted by Gasteiger charge is 2.26. The standard InChI is InChI=1S/C17H16N4O4/c1-13(25-15-9-5-11-19-16(15)21(23)24)17(22)20(12-6-10-18)14-7-3-2-4-8-14/h2-5,7-9,11,13H,6,12H2,1H3/t13-/m1/s1. The predicted molar refractivity (Wildman–Crippen MR) is 90.0 cm³/mol. The Balaban J connectivity index is 2.21. The lowest BCUT2D eigenvalue weighted by molar-refractivity contribution is -0.390. The van der Waals surface area contributed by atoms with Crippen molar-refractivity contribution in [3.8, 4) is 11.8 Å². The number of hydrogen-bond acceptors (Lipinski definition) is 6. The van der Waals surface area contributed by atoms with E-state index in [2.05, 4.69) is 4.98 Å². The lowest BCUT2D eigenvalue weighted by Gasteiger charge is -2.25. The molecule has 0 aliphatic carbocycles. The summed E-state index contributed by atoms with van der Waals surface area (Å²) in [7, 11) is 0. The van der Waals surface area contributed by atoms with Crippen molar-refractivity contribution in [1.82, 2.24) is 4.98 Å². The quantitative estimate of drug-likeness (QED) is 0.566. The van der Waals surface area contributed by atoms with Gasteiger partial charge in [-0.25, -0.2) is 0 Å². The third kappa shape index (κ3) is 4.51. The first-order valence-electron chi connectivity index (χ1n) is 7.54. The molecule has 1 aromatic heterocycles. The highest BCUT2D eigenvalue weighted by molar-refractivity contribution is 5.96. The number of anilines is 1. The Bertz CT molecular complexity index is 789. The van der Waals surface area contributed by atoms with Crippen LogP contribution in [0.4, 0.5) is 11.5 Å². The molecule has 0 aliphatic rings. The number of aromatic nitrogens is 1. The Labute approximate surface area is 144 Å². The van der Waals surface area contributed by atoms with Gasteiger partial charge in [-0.15, -0.1) is 0 Å². The van der Waals surface area contributed by atoms with Crippen LogP contribution in [0.1, 0.15) is 13.3 Å². The van der Waals surface area contributed by atoms with Gasteiger partial charge in [0.15, 0.2) is 6.10 Å². The second kappa shape index (κ2) is 8.40. The summed E-state index contributed by atoms with van der Waals surface area (Å²) in [4.78, 5) is 28.1. The summed E-state index contributed by atoms with van der Waals surface area (Å²) in [6.45, 7) is 1.70. The maximum absolute atomic E-state index is 12.7. The first kappa shape index (κ1) is 17.9. The molecule has 0 spiro atoms. The van der Waals surface area contributed by atoms with E-state index in [4.69, 9.17) is 10.00 Å². The summed E-state index contributed by atoms with van der Waals surface area (Å²) in [5, 5.41) is 19.8. The minimum absolute atomic E-state index is 0.0818. The third-order valence-electron chi connectivity index (χ3n) is 3.36. The molecule has 128 valence electrons. The van der Waals surface area contributed by atoms with E-state index < -0.39 is 22.8 Å². The molecule has 0 bridgehead atoms. The zero-order valence-corrected chi connectivity index (χ0v) is 13.5. The number of ether oxygens (including phenoxy) is 1. The molecule has 0 unspecified atom stereocenters. The summed E-state index contributed by atoms with van der Waals surface area (Å²) >= 11 is 0. The Hall–Kier alpha value is -3.47. The van der Waals surface area contributed by atoms with Gasteiger partial charge in [-0.3, -0.25) is 4.79 Å². The van der Waals surface area contributed by atoms with Gasteiger partial charge in [-0.1, -0.05) is 18.2 Å². The van der Waals surface area contributed by atoms with Crippen molar-refractivity contribution in [2.45, 2.75) is 19.4 Å². The molecule has 1 amide bonds. The zero-order chi connectivity index (χ0) is 18.2. The van der Waals surface area contributed by atoms with Crippen LogP contribution in [-0.4, -0.2) is 28.5 Å². The minimum Gasteiger partial charge on any atom is -0.473 e. The molecule has 8 nitrogen and oxygen atoms in total. The van der Waals surface area contributed by atoms with E-state index in [0.717, 1.165) is 0 Å². The van der Waals surface area contributed by atoms with Gasteiger partial charge in [0.1, 0.15) is 6.20 Å². The van der Waals surface area contributed by atoms with Crippen LogP contribution in [0, 0.1) is 21.4 Å². The maximum Gasteiger partial charge on any atom is 0.406 e. The zero-order valence-electron chi connectivity index (χ0n) is 13.5. The Morgan fingerprint density at radius 3 is 2.72 bits per heavy atom. The van der Waals surface area contributed by atoms with Gasteiger partial charge in [0.05, 0.1) is 12.5 Å². The highest BCUT2D eigenvalue weighted by Crippen LogP contribution is 2.25. The Morgan fingerprint density at radius 2 is 2.08 bits per heavy atom. The second-order valence-corrected chi connectivity index (χ2v) is 5.08. The molecule has 25 heavy (non-hydrogen) atoms. The van der Waals surface area contributed by atoms with Crippen molar-refractivity contribution in [3.05, 3.63) is 58.8 Å². The number of rotatable bonds is 7. The number of para-hydroxylation sites is 1. The van der Waals surface area contributed by atoms with Crippen LogP contribution in [0.3, 0.4) is 0 Å². The monoisotopic (exact) mass is 340 g/mol. The fraction of sp³-hybridized carbons (Fsp3) is 0.235. The molecule has 8 heteroatoms. The van der Waals surface area contributed by atoms with Crippen LogP contribution in [0.2, 0.25) is 0 Å². The molecule has 0 aliphatic heterocycles. The van der Waals surface area contributed by atoms with Crippen LogP contribution in [0.25, 0.3) is 0 Å². The topological polar surface area (TPSA) is 109 Å². The number of carbonyl (C=O) groups is 1. The lowest BCUT2D eigenvalue weighted by Crippen LogP contribution is -2.41. The molecule has 0 radical (unpaired) electrons. The number of benzene rings is 1. The van der Waals surface area contributed by atoms with E-state index in [1.807, 2.05) is 12.1 Å². The van der Waals surface area contributed by atoms with Crippen molar-refractivity contribution in [2.75, 3.05) is 11.4 Å². The van der Waals surface area contributed by atoms with Gasteiger partial charge in [-0.05, 0) is 41.1 Å². The van der Waals surface area contributed by atoms with Crippen molar-refractivity contribution in [2.24, 2.45) is 0 Å². The average molecular weight is 340 g/mol. The van der Waals surface area contributed by atoms with Crippen molar-refractivity contribution in [3.63, 3.8) is 0 Å². The maximum atomic E-state index is 12.7. The summed E-state index contributed by atoms with van der Waals surface area (Å²) < 4.78 is 5.47. The van der Waals surface area contributed by atoms with Gasteiger partial charge in [0.25, 0.3) is 5.91 Å². The third-order valence-corrected chi connectivity index (χ3v) is 3.36. The first-order valence-corrected chi connectivity index (χ1v) is 7.54. The number of carbonyl (C=O) groups excluding carboxylic acids is 1. The molecule has 2 rings (SSSR count). The van der Waals surface area contributed by atoms with Gasteiger partial charge >= 0.3 is 5.82 Å². The van der Waals surface area contributed by atoms with Gasteiger partial charge < -0.3 is 19.8 Å². The van der Waals surface area contributed by atoms with Gasteiger partial charge in [0.2, 0.25) is 5.75 Å². The molecule has 0 fully saturated rings. The van der Waals surface area contributed by atoms with Crippen LogP contribution in [0.15, 0.2) is 48.7 Å². The average Bonchev–Trinajstić information content (AvgIpc) is 2.63. The summed E-state index contributed by atoms with van der Waals surface area (Å²) in [6, 6.07) is 13.7. The number of hydrogen-bond donors (Lipinski definition) is 0. The lowest BCUT2D eigenvalue weighted by atomic mass is 10.2. The fourth-order valence-electron chi connectivity index (χ4n) is 2.21. The summed E-state index contributed by atoms with van der Waals surface area (Å²) in [6.07, 6.45) is 0.447. The fourth-order valence-corrected chi connectivity index (χ4v) is 2.21. The molecule has 1 aromatic carbocycles. The molecule has 0 saturated carbocycles. The summed E-state index contributed by atoms with van der Waals surface area (Å²) in [5.74, 6) is -0.938. The number of amides is 1. The van der Waals surface area contributed by atoms with E-state index in [9.17, 15) is 14.9 Å². The van der Waals surface area contributed by atoms with E-state index in [0.29, 0.717) is 5.69 Å². The van der Waals surface area contributed by atoms with Crippen molar-refractivity contribution in [1.29, 1.82) is 5.26 Å². The normalized spacial score (nSPS) is 11.2. The van der Waals surface area contributed by atoms with Crippen LogP contribution in [0.5, 0.6) is 5.75 Å². The minimum atomic E-state index is -0.984. The molecular weight excluding hydrogens is 324 g/mol. The van der Waals surface area contributed by atoms with E-state index in [-0.39, 0.29) is 18.7 Å². The number of nitrogens with zero attached hydrogens (tertiary/aromatic N) is 4. The predicted octanol–water partition coefficient (Wildman–Crippen LogP) is 2.70. The van der Waals surface area contributed by atoms with E-state index >= 15 is 0 Å². The smallest absolute Gasteiger partial charge is 0.406 e. The van der Waals surface area contributed by atoms with Crippen LogP contribution < -0.4 is 9.64 Å². The molecule has 1 atom stereocenters. The Kier molecular flexibility index (Phi) is 6.01. The first-order chi connectivity index (χ1) is 12.0. The number of pyridine rings is 1. The number of nitro groups is 1. The largest absolute Gasteiger partial charge is 0.473 e. The van der Waals surface area contributed by atoms with Gasteiger partial charge in [0, 0.05) is 12.2 Å². The number of nitriles is 1. The molecule has 1 heterocycles. The second-order valence-electron chi connectivity index (χ2n) is 5.08. The summed E-state index contributed by atoms with van der Waals surface area (Å²) in [5.41, 5.74) is 0.624. The van der Waals surface area contributed by atoms with E-state index in [1.165, 1.54) is 30.2 Å². The molecule has 0 N–H and O–H groups in total. The van der Waals surface area contributed by atoms with Crippen LogP contribution >= 0.6 is 0 Å². The SMILES string of the molecule is C[C@@H](Oc1cccnc1[N+](=O)[O-])C(=O)N(CCC#N)c1ccccc1. The van der Waals surface area contributed by atoms with Crippen molar-refractivity contribution >= 4 is 17.4 Å².